The van der Waals surface area contributed by atoms with Gasteiger partial charge in [-0.3, -0.25) is 14.4 Å². The van der Waals surface area contributed by atoms with Gasteiger partial charge in [-0.25, -0.2) is 4.79 Å². The van der Waals surface area contributed by atoms with Crippen LogP contribution in [0, 0.1) is 37.5 Å². The number of allylic oxidation sites excluding steroid dienone is 2. The Morgan fingerprint density at radius 3 is 2.22 bits per heavy atom. The number of carbonyl (C=O) groups excluding carboxylic acids is 4. The Kier molecular flexibility index (Phi) is 12.7. The molecule has 3 heterocycles. The fourth-order valence-electron chi connectivity index (χ4n) is 8.01. The van der Waals surface area contributed by atoms with Crippen molar-refractivity contribution in [3.63, 3.8) is 0 Å². The van der Waals surface area contributed by atoms with Crippen LogP contribution in [0.25, 0.3) is 21.7 Å². The van der Waals surface area contributed by atoms with Crippen LogP contribution in [-0.4, -0.2) is 93.0 Å². The molecule has 0 aliphatic carbocycles. The van der Waals surface area contributed by atoms with Gasteiger partial charge in [0.25, 0.3) is 11.7 Å². The third-order valence-corrected chi connectivity index (χ3v) is 11.4. The summed E-state index contributed by atoms with van der Waals surface area (Å²) in [5.74, 6) is -8.35. The number of hydrogen-bond donors (Lipinski definition) is 6. The number of esters is 2. The number of aryl methyl sites for hydroxylation is 1. The van der Waals surface area contributed by atoms with Crippen LogP contribution in [0.15, 0.2) is 36.1 Å². The maximum Gasteiger partial charge on any atom is 0.340 e. The number of ketones is 1. The first-order valence-electron chi connectivity index (χ1n) is 19.3. The van der Waals surface area contributed by atoms with Crippen LogP contribution in [0.3, 0.4) is 0 Å². The van der Waals surface area contributed by atoms with Crippen LogP contribution in [0.2, 0.25) is 0 Å². The van der Waals surface area contributed by atoms with Crippen LogP contribution >= 0.6 is 0 Å². The summed E-state index contributed by atoms with van der Waals surface area (Å²) in [6, 6.07) is 0. The number of ether oxygens (including phenoxy) is 5. The third-order valence-electron chi connectivity index (χ3n) is 11.4. The number of anilines is 1. The number of aromatic hydroxyl groups is 2. The molecule has 6 N–H and O–H groups in total. The molecule has 1 aromatic heterocycles. The van der Waals surface area contributed by atoms with Gasteiger partial charge in [-0.05, 0) is 33.8 Å². The number of methoxy groups -OCH3 is 1. The first-order valence-corrected chi connectivity index (χ1v) is 19.3. The first-order chi connectivity index (χ1) is 27.2. The van der Waals surface area contributed by atoms with Gasteiger partial charge in [0.2, 0.25) is 0 Å². The van der Waals surface area contributed by atoms with Gasteiger partial charge in [0, 0.05) is 72.2 Å². The third kappa shape index (κ3) is 7.65. The Morgan fingerprint density at radius 1 is 0.931 bits per heavy atom. The summed E-state index contributed by atoms with van der Waals surface area (Å²) in [6.45, 7) is 15.8. The number of amides is 1. The van der Waals surface area contributed by atoms with Gasteiger partial charge in [-0.2, -0.15) is 0 Å². The van der Waals surface area contributed by atoms with Gasteiger partial charge >= 0.3 is 17.7 Å². The van der Waals surface area contributed by atoms with Gasteiger partial charge in [-0.1, -0.05) is 45.9 Å². The molecule has 4 bridgehead atoms. The van der Waals surface area contributed by atoms with Crippen molar-refractivity contribution >= 4 is 51.0 Å². The van der Waals surface area contributed by atoms with Crippen molar-refractivity contribution in [1.29, 1.82) is 0 Å². The molecule has 0 saturated carbocycles. The van der Waals surface area contributed by atoms with Gasteiger partial charge < -0.3 is 54.4 Å². The lowest BCUT2D eigenvalue weighted by molar-refractivity contribution is -0.160. The quantitative estimate of drug-likeness (QED) is 0.131. The van der Waals surface area contributed by atoms with Crippen LogP contribution < -0.4 is 10.1 Å². The number of carbonyl (C=O) groups is 4. The van der Waals surface area contributed by atoms with Crippen LogP contribution in [0.5, 0.6) is 17.2 Å². The van der Waals surface area contributed by atoms with E-state index >= 15 is 0 Å². The highest BCUT2D eigenvalue weighted by molar-refractivity contribution is 6.31. The van der Waals surface area contributed by atoms with E-state index in [2.05, 4.69) is 10.3 Å². The summed E-state index contributed by atoms with van der Waals surface area (Å²) >= 11 is 0. The molecule has 2 aliphatic rings. The minimum Gasteiger partial charge on any atom is -0.507 e. The molecule has 15 heteroatoms. The van der Waals surface area contributed by atoms with Crippen molar-refractivity contribution in [2.75, 3.05) is 19.0 Å². The zero-order chi connectivity index (χ0) is 43.1. The predicted molar refractivity (Wildman–Crippen MR) is 215 cm³/mol. The number of benzene rings is 2. The fraction of sp³-hybridized carbons (Fsp3) is 0.488. The summed E-state index contributed by atoms with van der Waals surface area (Å²) in [5.41, 5.74) is 0.365. The SMILES string of the molecule is CCOC(=O)c1c(C)[nH]c2c1c1c(O)c3c(O)c(C)c4c(c32)C(=O)[C@@](C)(O/C=C\[C@H](OC)[C@H](C)[C@H](OC(C)=O)[C@H](C)[C@H](O)[C@H](C)[C@H](O)[C@H](C)/C=C/C=C(\C)C(=O)N1)O4. The molecule has 0 spiro atoms. The number of nitrogens with one attached hydrogen (secondary N) is 2. The number of aliphatic hydroxyl groups is 2. The summed E-state index contributed by atoms with van der Waals surface area (Å²) in [6.07, 6.45) is 3.56. The van der Waals surface area contributed by atoms with E-state index in [1.54, 1.807) is 53.7 Å². The summed E-state index contributed by atoms with van der Waals surface area (Å²) in [5, 5.41) is 49.1. The first kappa shape index (κ1) is 43.7. The molecule has 0 saturated heterocycles. The predicted octanol–water partition coefficient (Wildman–Crippen LogP) is 6.01. The largest absolute Gasteiger partial charge is 0.507 e. The number of aromatic amines is 1. The molecule has 5 rings (SSSR count). The van der Waals surface area contributed by atoms with E-state index in [9.17, 15) is 39.6 Å². The Balaban J connectivity index is 1.78. The summed E-state index contributed by atoms with van der Waals surface area (Å²) < 4.78 is 29.1. The zero-order valence-corrected chi connectivity index (χ0v) is 34.7. The molecule has 58 heavy (non-hydrogen) atoms. The van der Waals surface area contributed by atoms with Crippen molar-refractivity contribution < 1.29 is 63.3 Å². The van der Waals surface area contributed by atoms with E-state index in [1.807, 2.05) is 0 Å². The number of hydrogen-bond acceptors (Lipinski definition) is 13. The van der Waals surface area contributed by atoms with Gasteiger partial charge in [0.1, 0.15) is 17.6 Å². The lowest BCUT2D eigenvalue weighted by Gasteiger charge is -2.38. The average Bonchev–Trinajstić information content (AvgIpc) is 3.66. The maximum absolute atomic E-state index is 14.6. The number of Topliss-reactive ketones (excluding diaryl/α,β-unsaturated/α-hetero) is 1. The van der Waals surface area contributed by atoms with Crippen molar-refractivity contribution in [2.45, 2.75) is 99.4 Å². The van der Waals surface area contributed by atoms with Gasteiger partial charge in [-0.15, -0.1) is 0 Å². The van der Waals surface area contributed by atoms with Crippen LogP contribution in [0.4, 0.5) is 5.69 Å². The number of rotatable bonds is 4. The molecular weight excluding hydrogens is 752 g/mol. The lowest BCUT2D eigenvalue weighted by atomic mass is 9.78. The van der Waals surface area contributed by atoms with E-state index in [0.717, 1.165) is 0 Å². The van der Waals surface area contributed by atoms with Crippen molar-refractivity contribution in [3.8, 4) is 17.2 Å². The zero-order valence-electron chi connectivity index (χ0n) is 34.7. The van der Waals surface area contributed by atoms with E-state index in [4.69, 9.17) is 23.7 Å². The topological polar surface area (TPSA) is 223 Å². The standard InChI is InChI=1S/C43H54N2O13/c1-12-55-42(53)27-24(8)44-32-28-30-36(49)23(7)39-31(28)40(51)43(10,58-39)56-17-16-26(54-11)20(4)38(57-25(9)46)22(6)35(48)21(5)34(47)18(2)14-13-15-19(3)41(52)45-33(29(27)32)37(30)50/h13-18,20-22,26,34-35,38,44,47-50H,12H2,1-11H3,(H,45,52)/b14-13+,17-16-,19-15+/t18-,20+,21-,22-,26+,34-,35-,38+,43+/m1/s1. The number of phenolic OH excluding ortho intramolecular Hbond substituents is 2. The minimum absolute atomic E-state index is 0.00939. The second-order valence-electron chi connectivity index (χ2n) is 15.5. The Morgan fingerprint density at radius 2 is 1.60 bits per heavy atom. The fourth-order valence-corrected chi connectivity index (χ4v) is 8.01. The number of H-pyrrole nitrogens is 1. The van der Waals surface area contributed by atoms with Crippen molar-refractivity contribution in [2.24, 2.45) is 23.7 Å². The second kappa shape index (κ2) is 16.8. The molecule has 3 aromatic rings. The molecule has 15 nitrogen and oxygen atoms in total. The van der Waals surface area contributed by atoms with Crippen LogP contribution in [0.1, 0.15) is 87.4 Å². The molecule has 0 radical (unpaired) electrons. The van der Waals surface area contributed by atoms with E-state index < -0.39 is 89.0 Å². The molecule has 1 amide bonds. The smallest absolute Gasteiger partial charge is 0.340 e. The lowest BCUT2D eigenvalue weighted by Crippen LogP contribution is -2.46. The molecular formula is C43H54N2O13. The van der Waals surface area contributed by atoms with E-state index in [0.29, 0.717) is 5.69 Å². The Labute approximate surface area is 336 Å². The van der Waals surface area contributed by atoms with Crippen LogP contribution in [-0.2, 0) is 28.5 Å². The van der Waals surface area contributed by atoms with Gasteiger partial charge in [0.15, 0.2) is 5.75 Å². The minimum atomic E-state index is -2.02. The Hall–Kier alpha value is -5.38. The van der Waals surface area contributed by atoms with Crippen molar-refractivity contribution in [3.05, 3.63) is 58.5 Å². The van der Waals surface area contributed by atoms with E-state index in [-0.39, 0.29) is 62.0 Å². The maximum atomic E-state index is 14.6. The number of fused-ring (bicyclic) bond motifs is 1. The highest BCUT2D eigenvalue weighted by Gasteiger charge is 2.50. The summed E-state index contributed by atoms with van der Waals surface area (Å²) in [4.78, 5) is 57.3. The molecule has 9 atom stereocenters. The van der Waals surface area contributed by atoms with E-state index in [1.165, 1.54) is 53.2 Å². The number of aromatic nitrogens is 1. The average molecular weight is 807 g/mol. The van der Waals surface area contributed by atoms with Crippen molar-refractivity contribution in [1.82, 2.24) is 4.98 Å². The second-order valence-corrected chi connectivity index (χ2v) is 15.5. The van der Waals surface area contributed by atoms with Gasteiger partial charge in [0.05, 0.1) is 58.9 Å². The number of aliphatic hydroxyl groups excluding tert-OH is 2. The molecule has 314 valence electrons. The highest BCUT2D eigenvalue weighted by atomic mass is 16.7. The summed E-state index contributed by atoms with van der Waals surface area (Å²) in [7, 11) is 1.44. The Bertz CT molecular complexity index is 2240. The monoisotopic (exact) mass is 806 g/mol. The molecule has 2 aliphatic heterocycles. The molecule has 0 unspecified atom stereocenters. The molecule has 2 aromatic carbocycles. The normalized spacial score (nSPS) is 30.3. The number of phenols is 2. The highest BCUT2D eigenvalue weighted by Crippen LogP contribution is 2.54. The molecule has 0 fully saturated rings.